The summed E-state index contributed by atoms with van der Waals surface area (Å²) in [7, 11) is 1.55. The first-order chi connectivity index (χ1) is 12.8. The van der Waals surface area contributed by atoms with E-state index in [4.69, 9.17) is 14.2 Å². The van der Waals surface area contributed by atoms with Crippen LogP contribution < -0.4 is 14.2 Å². The van der Waals surface area contributed by atoms with E-state index in [1.165, 1.54) is 0 Å². The molecule has 0 saturated carbocycles. The molecule has 0 unspecified atom stereocenters. The molecular formula is C22H19O4. The maximum Gasteiger partial charge on any atom is 0.233 e. The highest BCUT2D eigenvalue weighted by Gasteiger charge is 2.15. The van der Waals surface area contributed by atoms with Gasteiger partial charge in [0.15, 0.2) is 11.5 Å². The van der Waals surface area contributed by atoms with Gasteiger partial charge < -0.3 is 14.2 Å². The van der Waals surface area contributed by atoms with Gasteiger partial charge in [0, 0.05) is 5.56 Å². The first-order valence-electron chi connectivity index (χ1n) is 8.24. The van der Waals surface area contributed by atoms with Crippen molar-refractivity contribution in [3.63, 3.8) is 0 Å². The zero-order valence-electron chi connectivity index (χ0n) is 14.5. The van der Waals surface area contributed by atoms with Crippen molar-refractivity contribution in [1.82, 2.24) is 0 Å². The van der Waals surface area contributed by atoms with Crippen LogP contribution in [0.5, 0.6) is 17.2 Å². The topological polar surface area (TPSA) is 44.8 Å². The van der Waals surface area contributed by atoms with E-state index in [1.807, 2.05) is 66.9 Å². The molecule has 0 aliphatic heterocycles. The summed E-state index contributed by atoms with van der Waals surface area (Å²) in [4.78, 5) is 11.2. The van der Waals surface area contributed by atoms with Gasteiger partial charge in [-0.05, 0) is 23.3 Å². The maximum absolute atomic E-state index is 11.2. The molecule has 0 aliphatic rings. The molecule has 3 aromatic carbocycles. The quantitative estimate of drug-likeness (QED) is 0.609. The van der Waals surface area contributed by atoms with Crippen molar-refractivity contribution in [3.8, 4) is 17.2 Å². The van der Waals surface area contributed by atoms with Gasteiger partial charge in [-0.1, -0.05) is 60.7 Å². The smallest absolute Gasteiger partial charge is 0.233 e. The second kappa shape index (κ2) is 8.72. The average Bonchev–Trinajstić information content (AvgIpc) is 2.71. The molecule has 3 aromatic rings. The fourth-order valence-corrected chi connectivity index (χ4v) is 2.52. The predicted molar refractivity (Wildman–Crippen MR) is 99.3 cm³/mol. The fraction of sp³-hybridized carbons (Fsp3) is 0.136. The van der Waals surface area contributed by atoms with Crippen molar-refractivity contribution in [2.75, 3.05) is 7.11 Å². The number of rotatable bonds is 8. The second-order valence-electron chi connectivity index (χ2n) is 5.66. The minimum Gasteiger partial charge on any atom is -0.490 e. The fourth-order valence-electron chi connectivity index (χ4n) is 2.52. The number of carbonyl (C=O) groups excluding carboxylic acids is 1. The zero-order chi connectivity index (χ0) is 18.2. The monoisotopic (exact) mass is 347 g/mol. The summed E-state index contributed by atoms with van der Waals surface area (Å²) in [5.74, 6) is 1.34. The van der Waals surface area contributed by atoms with Crippen LogP contribution in [0.4, 0.5) is 0 Å². The van der Waals surface area contributed by atoms with Gasteiger partial charge in [-0.2, -0.15) is 0 Å². The lowest BCUT2D eigenvalue weighted by Gasteiger charge is -2.16. The highest BCUT2D eigenvalue weighted by atomic mass is 16.5. The molecule has 0 aliphatic carbocycles. The third-order valence-corrected chi connectivity index (χ3v) is 3.82. The number of hydrogen-bond donors (Lipinski definition) is 0. The highest BCUT2D eigenvalue weighted by Crippen LogP contribution is 2.39. The molecular weight excluding hydrogens is 328 g/mol. The Morgan fingerprint density at radius 1 is 0.769 bits per heavy atom. The summed E-state index contributed by atoms with van der Waals surface area (Å²) in [6.45, 7) is 0.718. The lowest BCUT2D eigenvalue weighted by Crippen LogP contribution is -2.02. The van der Waals surface area contributed by atoms with E-state index in [-0.39, 0.29) is 0 Å². The van der Waals surface area contributed by atoms with Gasteiger partial charge in [0.25, 0.3) is 0 Å². The summed E-state index contributed by atoms with van der Waals surface area (Å²) in [6, 6.07) is 22.7. The SMILES string of the molecule is COc1c(OCc2ccccc2)cc([C]=O)cc1OCc1ccccc1. The lowest BCUT2D eigenvalue weighted by atomic mass is 10.2. The summed E-state index contributed by atoms with van der Waals surface area (Å²) in [6.07, 6.45) is 1.89. The van der Waals surface area contributed by atoms with Crippen LogP contribution in [-0.2, 0) is 18.0 Å². The van der Waals surface area contributed by atoms with E-state index >= 15 is 0 Å². The van der Waals surface area contributed by atoms with Crippen molar-refractivity contribution in [2.24, 2.45) is 0 Å². The van der Waals surface area contributed by atoms with Crippen LogP contribution in [-0.4, -0.2) is 13.4 Å². The van der Waals surface area contributed by atoms with Gasteiger partial charge in [0.05, 0.1) is 7.11 Å². The van der Waals surface area contributed by atoms with Crippen molar-refractivity contribution >= 4 is 6.29 Å². The molecule has 4 heteroatoms. The Bertz CT molecular complexity index is 780. The van der Waals surface area contributed by atoms with Gasteiger partial charge in [-0.25, -0.2) is 0 Å². The number of hydrogen-bond acceptors (Lipinski definition) is 4. The van der Waals surface area contributed by atoms with Gasteiger partial charge in [-0.3, -0.25) is 4.79 Å². The maximum atomic E-state index is 11.2. The van der Waals surface area contributed by atoms with Crippen LogP contribution in [0.1, 0.15) is 16.7 Å². The minimum atomic E-state index is 0.344. The van der Waals surface area contributed by atoms with Crippen LogP contribution in [0.2, 0.25) is 0 Å². The predicted octanol–water partition coefficient (Wildman–Crippen LogP) is 4.31. The van der Waals surface area contributed by atoms with E-state index in [2.05, 4.69) is 0 Å². The molecule has 0 amide bonds. The molecule has 26 heavy (non-hydrogen) atoms. The van der Waals surface area contributed by atoms with E-state index < -0.39 is 0 Å². The first-order valence-corrected chi connectivity index (χ1v) is 8.24. The summed E-state index contributed by atoms with van der Waals surface area (Å²) in [5, 5.41) is 0. The third kappa shape index (κ3) is 4.42. The minimum absolute atomic E-state index is 0.344. The van der Waals surface area contributed by atoms with Crippen LogP contribution in [0.3, 0.4) is 0 Å². The Morgan fingerprint density at radius 2 is 1.23 bits per heavy atom. The second-order valence-corrected chi connectivity index (χ2v) is 5.66. The largest absolute Gasteiger partial charge is 0.490 e. The van der Waals surface area contributed by atoms with E-state index in [1.54, 1.807) is 19.2 Å². The molecule has 0 fully saturated rings. The van der Waals surface area contributed by atoms with Crippen LogP contribution in [0.25, 0.3) is 0 Å². The van der Waals surface area contributed by atoms with Crippen molar-refractivity contribution in [1.29, 1.82) is 0 Å². The van der Waals surface area contributed by atoms with Gasteiger partial charge in [0.1, 0.15) is 13.2 Å². The molecule has 131 valence electrons. The van der Waals surface area contributed by atoms with E-state index in [9.17, 15) is 4.79 Å². The van der Waals surface area contributed by atoms with Crippen molar-refractivity contribution in [2.45, 2.75) is 13.2 Å². The standard InChI is InChI=1S/C22H19O4/c1-24-22-20(25-15-17-8-4-2-5-9-17)12-19(14-23)13-21(22)26-16-18-10-6-3-7-11-18/h2-13H,15-16H2,1H3. The molecule has 0 spiro atoms. The molecule has 0 aromatic heterocycles. The lowest BCUT2D eigenvalue weighted by molar-refractivity contribution is 0.257. The third-order valence-electron chi connectivity index (χ3n) is 3.82. The molecule has 3 rings (SSSR count). The van der Waals surface area contributed by atoms with Crippen molar-refractivity contribution < 1.29 is 19.0 Å². The molecule has 0 heterocycles. The van der Waals surface area contributed by atoms with Gasteiger partial charge in [-0.15, -0.1) is 0 Å². The van der Waals surface area contributed by atoms with Crippen LogP contribution in [0, 0.1) is 0 Å². The summed E-state index contributed by atoms with van der Waals surface area (Å²) >= 11 is 0. The Hall–Kier alpha value is -3.27. The van der Waals surface area contributed by atoms with E-state index in [0.717, 1.165) is 11.1 Å². The molecule has 0 saturated heterocycles. The van der Waals surface area contributed by atoms with E-state index in [0.29, 0.717) is 36.0 Å². The Balaban J connectivity index is 1.82. The number of benzene rings is 3. The number of ether oxygens (including phenoxy) is 3. The molecule has 4 nitrogen and oxygen atoms in total. The summed E-state index contributed by atoms with van der Waals surface area (Å²) in [5.41, 5.74) is 2.38. The first kappa shape index (κ1) is 17.5. The normalized spacial score (nSPS) is 10.2. The summed E-state index contributed by atoms with van der Waals surface area (Å²) < 4.78 is 17.2. The molecule has 0 atom stereocenters. The van der Waals surface area contributed by atoms with Gasteiger partial charge in [0.2, 0.25) is 12.0 Å². The van der Waals surface area contributed by atoms with Crippen LogP contribution in [0.15, 0.2) is 72.8 Å². The Labute approximate surface area is 153 Å². The average molecular weight is 347 g/mol. The van der Waals surface area contributed by atoms with Gasteiger partial charge >= 0.3 is 0 Å². The molecule has 1 radical (unpaired) electrons. The Kier molecular flexibility index (Phi) is 5.88. The Morgan fingerprint density at radius 3 is 1.62 bits per heavy atom. The molecule has 0 bridgehead atoms. The molecule has 0 N–H and O–H groups in total. The number of methoxy groups -OCH3 is 1. The zero-order valence-corrected chi connectivity index (χ0v) is 14.5. The van der Waals surface area contributed by atoms with Crippen LogP contribution >= 0.6 is 0 Å². The van der Waals surface area contributed by atoms with Crippen molar-refractivity contribution in [3.05, 3.63) is 89.5 Å². The highest BCUT2D eigenvalue weighted by molar-refractivity contribution is 5.78.